The van der Waals surface area contributed by atoms with Gasteiger partial charge in [-0.3, -0.25) is 4.79 Å². The van der Waals surface area contributed by atoms with Gasteiger partial charge in [-0.2, -0.15) is 13.2 Å². The molecule has 0 spiro atoms. The van der Waals surface area contributed by atoms with Crippen molar-refractivity contribution in [3.05, 3.63) is 29.8 Å². The molecule has 1 aliphatic carbocycles. The Morgan fingerprint density at radius 1 is 1.36 bits per heavy atom. The van der Waals surface area contributed by atoms with Crippen molar-refractivity contribution in [3.63, 3.8) is 0 Å². The summed E-state index contributed by atoms with van der Waals surface area (Å²) in [7, 11) is 0. The summed E-state index contributed by atoms with van der Waals surface area (Å²) in [6, 6.07) is 3.15. The maximum absolute atomic E-state index is 12.5. The number of rotatable bonds is 6. The van der Waals surface area contributed by atoms with Crippen LogP contribution in [-0.4, -0.2) is 29.6 Å². The van der Waals surface area contributed by atoms with E-state index in [-0.39, 0.29) is 11.7 Å². The molecule has 5 nitrogen and oxygen atoms in total. The third-order valence-corrected chi connectivity index (χ3v) is 3.21. The van der Waals surface area contributed by atoms with E-state index in [1.807, 2.05) is 0 Å². The lowest BCUT2D eigenvalue weighted by molar-refractivity contribution is -0.142. The summed E-state index contributed by atoms with van der Waals surface area (Å²) in [5.41, 5.74) is -0.883. The first-order valence-corrected chi connectivity index (χ1v) is 6.59. The van der Waals surface area contributed by atoms with E-state index in [0.29, 0.717) is 0 Å². The van der Waals surface area contributed by atoms with Crippen LogP contribution < -0.4 is 10.1 Å². The van der Waals surface area contributed by atoms with E-state index in [4.69, 9.17) is 9.84 Å². The Kier molecular flexibility index (Phi) is 4.58. The van der Waals surface area contributed by atoms with Crippen molar-refractivity contribution in [3.8, 4) is 5.75 Å². The molecule has 1 amide bonds. The minimum absolute atomic E-state index is 0.0880. The van der Waals surface area contributed by atoms with E-state index in [9.17, 15) is 22.8 Å². The molecule has 2 rings (SSSR count). The Hall–Kier alpha value is -2.25. The molecule has 1 aromatic carbocycles. The predicted octanol–water partition coefficient (Wildman–Crippen LogP) is 2.06. The molecule has 0 heterocycles. The molecule has 0 bridgehead atoms. The number of aliphatic carboxylic acids is 1. The molecule has 1 unspecified atom stereocenters. The summed E-state index contributed by atoms with van der Waals surface area (Å²) in [6.45, 7) is -0.544. The zero-order valence-electron chi connectivity index (χ0n) is 11.4. The molecule has 120 valence electrons. The number of hydrogen-bond acceptors (Lipinski definition) is 3. The fourth-order valence-corrected chi connectivity index (χ4v) is 1.94. The average molecular weight is 317 g/mol. The highest BCUT2D eigenvalue weighted by Gasteiger charge is 2.37. The number of carbonyl (C=O) groups is 2. The van der Waals surface area contributed by atoms with Crippen LogP contribution >= 0.6 is 0 Å². The molecule has 0 radical (unpaired) electrons. The van der Waals surface area contributed by atoms with E-state index in [0.717, 1.165) is 25.0 Å². The molecule has 1 atom stereocenters. The average Bonchev–Trinajstić information content (AvgIpc) is 3.26. The molecule has 2 N–H and O–H groups in total. The summed E-state index contributed by atoms with van der Waals surface area (Å²) in [6.07, 6.45) is -3.04. The van der Waals surface area contributed by atoms with Gasteiger partial charge in [0, 0.05) is 0 Å². The highest BCUT2D eigenvalue weighted by atomic mass is 19.4. The number of carbonyl (C=O) groups excluding carboxylic acids is 1. The van der Waals surface area contributed by atoms with Crippen LogP contribution in [0.25, 0.3) is 0 Å². The lowest BCUT2D eigenvalue weighted by atomic mass is 10.2. The number of halogens is 3. The lowest BCUT2D eigenvalue weighted by Gasteiger charge is -2.14. The zero-order chi connectivity index (χ0) is 16.3. The molecule has 0 aromatic heterocycles. The van der Waals surface area contributed by atoms with Crippen LogP contribution in [0.1, 0.15) is 18.4 Å². The van der Waals surface area contributed by atoms with Gasteiger partial charge in [-0.1, -0.05) is 6.07 Å². The number of ether oxygens (including phenoxy) is 1. The van der Waals surface area contributed by atoms with Crippen molar-refractivity contribution in [2.75, 3.05) is 6.61 Å². The van der Waals surface area contributed by atoms with Crippen molar-refractivity contribution in [2.45, 2.75) is 25.1 Å². The molecule has 0 aliphatic heterocycles. The van der Waals surface area contributed by atoms with Crippen molar-refractivity contribution in [2.24, 2.45) is 5.92 Å². The minimum Gasteiger partial charge on any atom is -0.484 e. The molecule has 0 saturated heterocycles. The Labute approximate surface area is 124 Å². The summed E-state index contributed by atoms with van der Waals surface area (Å²) < 4.78 is 42.5. The maximum atomic E-state index is 12.5. The molecule has 22 heavy (non-hydrogen) atoms. The van der Waals surface area contributed by atoms with Crippen molar-refractivity contribution in [1.29, 1.82) is 0 Å². The summed E-state index contributed by atoms with van der Waals surface area (Å²) in [5.74, 6) is -2.01. The fraction of sp³-hybridized carbons (Fsp3) is 0.429. The van der Waals surface area contributed by atoms with Crippen molar-refractivity contribution < 1.29 is 32.6 Å². The van der Waals surface area contributed by atoms with Gasteiger partial charge < -0.3 is 15.2 Å². The van der Waals surface area contributed by atoms with E-state index < -0.39 is 36.3 Å². The number of nitrogens with one attached hydrogen (secondary N) is 1. The van der Waals surface area contributed by atoms with E-state index in [2.05, 4.69) is 5.32 Å². The SMILES string of the molecule is O=C(COc1cccc(C(F)(F)F)c1)NC(C(=O)O)C1CC1. The maximum Gasteiger partial charge on any atom is 0.416 e. The van der Waals surface area contributed by atoms with E-state index in [1.54, 1.807) is 0 Å². The highest BCUT2D eigenvalue weighted by Crippen LogP contribution is 2.33. The van der Waals surface area contributed by atoms with Gasteiger partial charge in [0.2, 0.25) is 0 Å². The highest BCUT2D eigenvalue weighted by molar-refractivity contribution is 5.84. The van der Waals surface area contributed by atoms with Crippen LogP contribution in [0, 0.1) is 5.92 Å². The standard InChI is InChI=1S/C14H14F3NO4/c15-14(16,17)9-2-1-3-10(6-9)22-7-11(19)18-12(13(20)21)8-4-5-8/h1-3,6,8,12H,4-5,7H2,(H,18,19)(H,20,21). The molecule has 1 aliphatic rings. The van der Waals surface area contributed by atoms with Crippen molar-refractivity contribution in [1.82, 2.24) is 5.32 Å². The third kappa shape index (κ3) is 4.37. The molecule has 1 aromatic rings. The third-order valence-electron chi connectivity index (χ3n) is 3.21. The number of benzene rings is 1. The van der Waals surface area contributed by atoms with Gasteiger partial charge in [-0.25, -0.2) is 4.79 Å². The van der Waals surface area contributed by atoms with E-state index >= 15 is 0 Å². The smallest absolute Gasteiger partial charge is 0.416 e. The Morgan fingerprint density at radius 2 is 2.05 bits per heavy atom. The molecule has 1 fully saturated rings. The van der Waals surface area contributed by atoms with Crippen LogP contribution in [0.5, 0.6) is 5.75 Å². The number of amides is 1. The summed E-state index contributed by atoms with van der Waals surface area (Å²) in [4.78, 5) is 22.6. The normalized spacial score (nSPS) is 16.0. The van der Waals surface area contributed by atoms with Gasteiger partial charge in [0.25, 0.3) is 5.91 Å². The van der Waals surface area contributed by atoms with Crippen LogP contribution in [0.2, 0.25) is 0 Å². The van der Waals surface area contributed by atoms with Gasteiger partial charge in [0.1, 0.15) is 11.8 Å². The second kappa shape index (κ2) is 6.25. The van der Waals surface area contributed by atoms with E-state index in [1.165, 1.54) is 12.1 Å². The first-order valence-electron chi connectivity index (χ1n) is 6.59. The topological polar surface area (TPSA) is 75.6 Å². The van der Waals surface area contributed by atoms with Gasteiger partial charge in [-0.05, 0) is 37.0 Å². The summed E-state index contributed by atoms with van der Waals surface area (Å²) >= 11 is 0. The summed E-state index contributed by atoms with van der Waals surface area (Å²) in [5, 5.41) is 11.3. The lowest BCUT2D eigenvalue weighted by Crippen LogP contribution is -2.44. The Morgan fingerprint density at radius 3 is 2.59 bits per heavy atom. The van der Waals surface area contributed by atoms with Crippen molar-refractivity contribution >= 4 is 11.9 Å². The predicted molar refractivity (Wildman–Crippen MR) is 69.2 cm³/mol. The molecule has 1 saturated carbocycles. The first-order chi connectivity index (χ1) is 10.3. The van der Waals surface area contributed by atoms with Crippen LogP contribution in [-0.2, 0) is 15.8 Å². The van der Waals surface area contributed by atoms with Gasteiger partial charge >= 0.3 is 12.1 Å². The Bertz CT molecular complexity index is 569. The fourth-order valence-electron chi connectivity index (χ4n) is 1.94. The quantitative estimate of drug-likeness (QED) is 0.842. The zero-order valence-corrected chi connectivity index (χ0v) is 11.4. The largest absolute Gasteiger partial charge is 0.484 e. The molecular formula is C14H14F3NO4. The number of carboxylic acid groups (broad SMARTS) is 1. The van der Waals surface area contributed by atoms with Gasteiger partial charge in [0.05, 0.1) is 5.56 Å². The Balaban J connectivity index is 1.89. The number of hydrogen-bond donors (Lipinski definition) is 2. The molecular weight excluding hydrogens is 303 g/mol. The first kappa shape index (κ1) is 16.1. The monoisotopic (exact) mass is 317 g/mol. The second-order valence-corrected chi connectivity index (χ2v) is 5.04. The van der Waals surface area contributed by atoms with Gasteiger partial charge in [0.15, 0.2) is 6.61 Å². The second-order valence-electron chi connectivity index (χ2n) is 5.04. The van der Waals surface area contributed by atoms with Gasteiger partial charge in [-0.15, -0.1) is 0 Å². The van der Waals surface area contributed by atoms with Crippen LogP contribution in [0.15, 0.2) is 24.3 Å². The number of alkyl halides is 3. The minimum atomic E-state index is -4.50. The number of carboxylic acids is 1. The van der Waals surface area contributed by atoms with Crippen LogP contribution in [0.4, 0.5) is 13.2 Å². The van der Waals surface area contributed by atoms with Crippen LogP contribution in [0.3, 0.4) is 0 Å². The molecule has 8 heteroatoms.